The lowest BCUT2D eigenvalue weighted by Gasteiger charge is -2.35. The first-order chi connectivity index (χ1) is 5.47. The van der Waals surface area contributed by atoms with Crippen LogP contribution < -0.4 is 0 Å². The van der Waals surface area contributed by atoms with Crippen LogP contribution in [0.3, 0.4) is 0 Å². The summed E-state index contributed by atoms with van der Waals surface area (Å²) >= 11 is 0. The van der Waals surface area contributed by atoms with Gasteiger partial charge in [0, 0.05) is 18.1 Å². The number of likely N-dealkylation sites (tertiary alicyclic amines) is 1. The summed E-state index contributed by atoms with van der Waals surface area (Å²) in [5.74, 6) is 0.772. The summed E-state index contributed by atoms with van der Waals surface area (Å²) in [6.45, 7) is 10.3. The smallest absolute Gasteiger partial charge is 0.0584 e. The molecule has 2 unspecified atom stereocenters. The molecule has 1 fully saturated rings. The number of hydrogen-bond acceptors (Lipinski definition) is 2. The van der Waals surface area contributed by atoms with Crippen molar-refractivity contribution in [3.63, 3.8) is 0 Å². The highest BCUT2D eigenvalue weighted by atomic mass is 16.3. The largest absolute Gasteiger partial charge is 0.395 e. The normalized spacial score (nSPS) is 32.2. The zero-order chi connectivity index (χ0) is 9.35. The van der Waals surface area contributed by atoms with Gasteiger partial charge in [-0.05, 0) is 33.1 Å². The van der Waals surface area contributed by atoms with E-state index < -0.39 is 0 Å². The molecule has 2 nitrogen and oxygen atoms in total. The molecule has 2 heteroatoms. The van der Waals surface area contributed by atoms with E-state index in [2.05, 4.69) is 32.6 Å². The van der Waals surface area contributed by atoms with E-state index in [1.165, 1.54) is 6.42 Å². The predicted octanol–water partition coefficient (Wildman–Crippen LogP) is 1.49. The van der Waals surface area contributed by atoms with Crippen molar-refractivity contribution in [1.29, 1.82) is 0 Å². The highest BCUT2D eigenvalue weighted by Crippen LogP contribution is 2.33. The summed E-state index contributed by atoms with van der Waals surface area (Å²) in [6, 6.07) is 0.310. The van der Waals surface area contributed by atoms with Crippen molar-refractivity contribution < 1.29 is 5.11 Å². The van der Waals surface area contributed by atoms with Gasteiger partial charge in [-0.3, -0.25) is 4.90 Å². The second kappa shape index (κ2) is 3.35. The predicted molar refractivity (Wildman–Crippen MR) is 51.1 cm³/mol. The summed E-state index contributed by atoms with van der Waals surface area (Å²) in [6.07, 6.45) is 1.25. The van der Waals surface area contributed by atoms with E-state index in [4.69, 9.17) is 5.11 Å². The van der Waals surface area contributed by atoms with Crippen molar-refractivity contribution >= 4 is 0 Å². The number of nitrogens with zero attached hydrogens (tertiary/aromatic N) is 1. The van der Waals surface area contributed by atoms with Gasteiger partial charge in [-0.15, -0.1) is 0 Å². The Morgan fingerprint density at radius 3 is 2.50 bits per heavy atom. The standard InChI is InChI=1S/C10H21NO/c1-8-5-10(3,4)11(6-8)9(2)7-12/h8-9,12H,5-7H2,1-4H3. The third-order valence-electron chi connectivity index (χ3n) is 2.93. The zero-order valence-corrected chi connectivity index (χ0v) is 8.67. The van der Waals surface area contributed by atoms with E-state index in [1.54, 1.807) is 0 Å². The number of rotatable bonds is 2. The van der Waals surface area contributed by atoms with E-state index in [9.17, 15) is 0 Å². The lowest BCUT2D eigenvalue weighted by molar-refractivity contribution is 0.0803. The molecule has 0 aliphatic carbocycles. The molecule has 0 radical (unpaired) electrons. The maximum Gasteiger partial charge on any atom is 0.0584 e. The highest BCUT2D eigenvalue weighted by Gasteiger charge is 2.38. The van der Waals surface area contributed by atoms with Gasteiger partial charge in [-0.1, -0.05) is 6.92 Å². The molecule has 0 saturated carbocycles. The number of aliphatic hydroxyl groups excluding tert-OH is 1. The van der Waals surface area contributed by atoms with Crippen LogP contribution in [0, 0.1) is 5.92 Å². The second-order valence-electron chi connectivity index (χ2n) is 4.81. The lowest BCUT2D eigenvalue weighted by atomic mass is 9.97. The molecule has 0 spiro atoms. The highest BCUT2D eigenvalue weighted by molar-refractivity contribution is 4.93. The molecule has 1 rings (SSSR count). The first kappa shape index (κ1) is 10.0. The van der Waals surface area contributed by atoms with Gasteiger partial charge >= 0.3 is 0 Å². The van der Waals surface area contributed by atoms with Crippen LogP contribution in [-0.2, 0) is 0 Å². The molecule has 0 aromatic carbocycles. The molecule has 2 atom stereocenters. The molecule has 0 aromatic rings. The first-order valence-corrected chi connectivity index (χ1v) is 4.85. The molecule has 1 aliphatic heterocycles. The Hall–Kier alpha value is -0.0800. The van der Waals surface area contributed by atoms with Crippen LogP contribution in [0.15, 0.2) is 0 Å². The van der Waals surface area contributed by atoms with Crippen LogP contribution in [0.1, 0.15) is 34.1 Å². The van der Waals surface area contributed by atoms with Crippen LogP contribution in [0.25, 0.3) is 0 Å². The molecule has 0 amide bonds. The minimum Gasteiger partial charge on any atom is -0.395 e. The van der Waals surface area contributed by atoms with Gasteiger partial charge in [0.05, 0.1) is 6.61 Å². The monoisotopic (exact) mass is 171 g/mol. The van der Waals surface area contributed by atoms with E-state index in [0.717, 1.165) is 12.5 Å². The van der Waals surface area contributed by atoms with Gasteiger partial charge in [-0.2, -0.15) is 0 Å². The fraction of sp³-hybridized carbons (Fsp3) is 1.00. The van der Waals surface area contributed by atoms with Gasteiger partial charge in [0.15, 0.2) is 0 Å². The molecule has 1 aliphatic rings. The molecule has 72 valence electrons. The molecule has 0 aromatic heterocycles. The summed E-state index contributed by atoms with van der Waals surface area (Å²) in [7, 11) is 0. The van der Waals surface area contributed by atoms with Crippen LogP contribution >= 0.6 is 0 Å². The minimum absolute atomic E-state index is 0.274. The van der Waals surface area contributed by atoms with Crippen LogP contribution in [0.5, 0.6) is 0 Å². The van der Waals surface area contributed by atoms with Gasteiger partial charge in [0.25, 0.3) is 0 Å². The average Bonchev–Trinajstić information content (AvgIpc) is 2.23. The van der Waals surface area contributed by atoms with Crippen molar-refractivity contribution in [2.75, 3.05) is 13.2 Å². The van der Waals surface area contributed by atoms with E-state index >= 15 is 0 Å². The number of aliphatic hydroxyl groups is 1. The van der Waals surface area contributed by atoms with Gasteiger partial charge < -0.3 is 5.11 Å². The zero-order valence-electron chi connectivity index (χ0n) is 8.67. The fourth-order valence-corrected chi connectivity index (χ4v) is 2.49. The minimum atomic E-state index is 0.274. The topological polar surface area (TPSA) is 23.5 Å². The Bertz CT molecular complexity index is 156. The van der Waals surface area contributed by atoms with Crippen LogP contribution in [0.4, 0.5) is 0 Å². The van der Waals surface area contributed by atoms with E-state index in [0.29, 0.717) is 6.04 Å². The Labute approximate surface area is 75.6 Å². The molecule has 1 N–H and O–H groups in total. The Balaban J connectivity index is 2.64. The maximum atomic E-state index is 9.07. The molecule has 0 bridgehead atoms. The van der Waals surface area contributed by atoms with Crippen molar-refractivity contribution in [1.82, 2.24) is 4.90 Å². The third kappa shape index (κ3) is 1.80. The Kier molecular flexibility index (Phi) is 2.79. The number of hydrogen-bond donors (Lipinski definition) is 1. The quantitative estimate of drug-likeness (QED) is 0.680. The van der Waals surface area contributed by atoms with Crippen molar-refractivity contribution in [3.8, 4) is 0 Å². The molecule has 1 saturated heterocycles. The summed E-state index contributed by atoms with van der Waals surface area (Å²) in [5.41, 5.74) is 0.279. The summed E-state index contributed by atoms with van der Waals surface area (Å²) in [4.78, 5) is 2.41. The van der Waals surface area contributed by atoms with Crippen LogP contribution in [-0.4, -0.2) is 34.7 Å². The molecule has 12 heavy (non-hydrogen) atoms. The van der Waals surface area contributed by atoms with E-state index in [-0.39, 0.29) is 12.1 Å². The van der Waals surface area contributed by atoms with Gasteiger partial charge in [-0.25, -0.2) is 0 Å². The van der Waals surface area contributed by atoms with Crippen molar-refractivity contribution in [2.24, 2.45) is 5.92 Å². The van der Waals surface area contributed by atoms with Gasteiger partial charge in [0.2, 0.25) is 0 Å². The molecule has 1 heterocycles. The fourth-order valence-electron chi connectivity index (χ4n) is 2.49. The Morgan fingerprint density at radius 2 is 2.17 bits per heavy atom. The molecular formula is C10H21NO. The lowest BCUT2D eigenvalue weighted by Crippen LogP contribution is -2.45. The Morgan fingerprint density at radius 1 is 1.58 bits per heavy atom. The maximum absolute atomic E-state index is 9.07. The van der Waals surface area contributed by atoms with Crippen LogP contribution in [0.2, 0.25) is 0 Å². The summed E-state index contributed by atoms with van der Waals surface area (Å²) < 4.78 is 0. The average molecular weight is 171 g/mol. The third-order valence-corrected chi connectivity index (χ3v) is 2.93. The summed E-state index contributed by atoms with van der Waals surface area (Å²) in [5, 5.41) is 9.07. The van der Waals surface area contributed by atoms with Crippen molar-refractivity contribution in [2.45, 2.75) is 45.7 Å². The molecular weight excluding hydrogens is 150 g/mol. The van der Waals surface area contributed by atoms with Gasteiger partial charge in [0.1, 0.15) is 0 Å². The van der Waals surface area contributed by atoms with E-state index in [1.807, 2.05) is 0 Å². The van der Waals surface area contributed by atoms with Crippen molar-refractivity contribution in [3.05, 3.63) is 0 Å². The SMILES string of the molecule is CC1CN(C(C)CO)C(C)(C)C1. The first-order valence-electron chi connectivity index (χ1n) is 4.85. The second-order valence-corrected chi connectivity index (χ2v) is 4.81.